The largest absolute Gasteiger partial charge is 0.392 e. The first-order chi connectivity index (χ1) is 7.33. The van der Waals surface area contributed by atoms with Crippen LogP contribution in [0.5, 0.6) is 0 Å². The van der Waals surface area contributed by atoms with E-state index in [2.05, 4.69) is 20.9 Å². The maximum Gasteiger partial charge on any atom is 0.0696 e. The van der Waals surface area contributed by atoms with Crippen molar-refractivity contribution in [1.82, 2.24) is 4.98 Å². The molecule has 0 aliphatic rings. The molecule has 0 saturated carbocycles. The van der Waals surface area contributed by atoms with Crippen molar-refractivity contribution in [2.24, 2.45) is 0 Å². The van der Waals surface area contributed by atoms with Crippen molar-refractivity contribution in [2.45, 2.75) is 6.61 Å². The number of halogens is 1. The van der Waals surface area contributed by atoms with Crippen LogP contribution in [0, 0.1) is 0 Å². The maximum atomic E-state index is 8.50. The molecule has 0 radical (unpaired) electrons. The lowest BCUT2D eigenvalue weighted by Crippen LogP contribution is -1.80. The monoisotopic (exact) mass is 265 g/mol. The molecule has 0 spiro atoms. The second-order valence-electron chi connectivity index (χ2n) is 2.81. The molecule has 3 heteroatoms. The summed E-state index contributed by atoms with van der Waals surface area (Å²) in [7, 11) is 0. The Hall–Kier alpha value is -1.19. The summed E-state index contributed by atoms with van der Waals surface area (Å²) in [6.07, 6.45) is 3.32. The topological polar surface area (TPSA) is 33.1 Å². The van der Waals surface area contributed by atoms with E-state index in [0.717, 1.165) is 10.0 Å². The Kier molecular flexibility index (Phi) is 5.66. The Labute approximate surface area is 97.7 Å². The number of hydrogen-bond acceptors (Lipinski definition) is 2. The summed E-state index contributed by atoms with van der Waals surface area (Å²) in [5, 5.41) is 8.50. The lowest BCUT2D eigenvalue weighted by Gasteiger charge is -1.88. The van der Waals surface area contributed by atoms with E-state index in [1.54, 1.807) is 18.5 Å². The third-order valence-corrected chi connectivity index (χ3v) is 2.17. The average Bonchev–Trinajstić information content (AvgIpc) is 2.32. The Balaban J connectivity index is 0.000000151. The van der Waals surface area contributed by atoms with Crippen molar-refractivity contribution in [3.63, 3.8) is 0 Å². The van der Waals surface area contributed by atoms with Gasteiger partial charge in [0.25, 0.3) is 0 Å². The molecule has 2 aromatic rings. The summed E-state index contributed by atoms with van der Waals surface area (Å²) in [5.41, 5.74) is 0.854. The van der Waals surface area contributed by atoms with Gasteiger partial charge in [-0.3, -0.25) is 4.98 Å². The highest BCUT2D eigenvalue weighted by atomic mass is 79.9. The standard InChI is InChI=1S/C6H5Br.C6H7NO/c7-6-4-2-1-3-5-6;8-5-6-2-1-3-7-4-6/h1-5H;1-4,8H,5H2. The first-order valence-electron chi connectivity index (χ1n) is 4.53. The van der Waals surface area contributed by atoms with Gasteiger partial charge < -0.3 is 5.11 Å². The van der Waals surface area contributed by atoms with E-state index >= 15 is 0 Å². The number of aliphatic hydroxyl groups is 1. The van der Waals surface area contributed by atoms with E-state index in [1.165, 1.54) is 0 Å². The van der Waals surface area contributed by atoms with Crippen molar-refractivity contribution in [1.29, 1.82) is 0 Å². The van der Waals surface area contributed by atoms with Crippen LogP contribution in [0.2, 0.25) is 0 Å². The lowest BCUT2D eigenvalue weighted by molar-refractivity contribution is 0.281. The Morgan fingerprint density at radius 3 is 2.13 bits per heavy atom. The number of hydrogen-bond donors (Lipinski definition) is 1. The summed E-state index contributed by atoms with van der Waals surface area (Å²) >= 11 is 3.31. The van der Waals surface area contributed by atoms with Gasteiger partial charge in [0, 0.05) is 16.9 Å². The summed E-state index contributed by atoms with van der Waals surface area (Å²) in [4.78, 5) is 3.80. The quantitative estimate of drug-likeness (QED) is 0.860. The highest BCUT2D eigenvalue weighted by molar-refractivity contribution is 9.10. The van der Waals surface area contributed by atoms with Crippen molar-refractivity contribution in [2.75, 3.05) is 0 Å². The Morgan fingerprint density at radius 1 is 1.07 bits per heavy atom. The van der Waals surface area contributed by atoms with E-state index in [4.69, 9.17) is 5.11 Å². The molecule has 0 aliphatic carbocycles. The van der Waals surface area contributed by atoms with Crippen LogP contribution >= 0.6 is 15.9 Å². The third kappa shape index (κ3) is 5.30. The van der Waals surface area contributed by atoms with E-state index in [9.17, 15) is 0 Å². The van der Waals surface area contributed by atoms with Gasteiger partial charge in [0.1, 0.15) is 0 Å². The van der Waals surface area contributed by atoms with Gasteiger partial charge in [0.15, 0.2) is 0 Å². The molecule has 0 saturated heterocycles. The number of aliphatic hydroxyl groups excluding tert-OH is 1. The minimum Gasteiger partial charge on any atom is -0.392 e. The summed E-state index contributed by atoms with van der Waals surface area (Å²) in [5.74, 6) is 0. The van der Waals surface area contributed by atoms with E-state index in [-0.39, 0.29) is 6.61 Å². The highest BCUT2D eigenvalue weighted by Gasteiger charge is 1.82. The molecule has 1 heterocycles. The number of aromatic nitrogens is 1. The van der Waals surface area contributed by atoms with Crippen molar-refractivity contribution < 1.29 is 5.11 Å². The predicted molar refractivity (Wildman–Crippen MR) is 64.3 cm³/mol. The molecule has 0 fully saturated rings. The van der Waals surface area contributed by atoms with E-state index in [0.29, 0.717) is 0 Å². The molecule has 2 nitrogen and oxygen atoms in total. The molecule has 0 atom stereocenters. The van der Waals surface area contributed by atoms with Gasteiger partial charge in [-0.2, -0.15) is 0 Å². The minimum atomic E-state index is 0.0772. The van der Waals surface area contributed by atoms with Crippen molar-refractivity contribution in [3.05, 3.63) is 64.9 Å². The second kappa shape index (κ2) is 7.15. The van der Waals surface area contributed by atoms with Crippen LogP contribution < -0.4 is 0 Å². The highest BCUT2D eigenvalue weighted by Crippen LogP contribution is 2.05. The molecule has 0 amide bonds. The summed E-state index contributed by atoms with van der Waals surface area (Å²) in [6, 6.07) is 13.6. The van der Waals surface area contributed by atoms with Crippen LogP contribution in [0.25, 0.3) is 0 Å². The smallest absolute Gasteiger partial charge is 0.0696 e. The lowest BCUT2D eigenvalue weighted by atomic mass is 10.3. The molecule has 78 valence electrons. The second-order valence-corrected chi connectivity index (χ2v) is 3.73. The molecule has 0 bridgehead atoms. The van der Waals surface area contributed by atoms with Gasteiger partial charge in [-0.15, -0.1) is 0 Å². The van der Waals surface area contributed by atoms with Gasteiger partial charge in [-0.1, -0.05) is 40.2 Å². The normalized spacial score (nSPS) is 8.93. The summed E-state index contributed by atoms with van der Waals surface area (Å²) in [6.45, 7) is 0.0772. The fourth-order valence-electron chi connectivity index (χ4n) is 0.906. The number of pyridine rings is 1. The summed E-state index contributed by atoms with van der Waals surface area (Å²) < 4.78 is 1.13. The molecule has 15 heavy (non-hydrogen) atoms. The zero-order chi connectivity index (χ0) is 10.9. The van der Waals surface area contributed by atoms with Crippen molar-refractivity contribution in [3.8, 4) is 0 Å². The molecule has 1 N–H and O–H groups in total. The maximum absolute atomic E-state index is 8.50. The van der Waals surface area contributed by atoms with Gasteiger partial charge in [-0.05, 0) is 23.8 Å². The van der Waals surface area contributed by atoms with Crippen molar-refractivity contribution >= 4 is 15.9 Å². The molecule has 2 rings (SSSR count). The predicted octanol–water partition coefficient (Wildman–Crippen LogP) is 3.02. The fraction of sp³-hybridized carbons (Fsp3) is 0.0833. The van der Waals surface area contributed by atoms with E-state index in [1.807, 2.05) is 36.4 Å². The first-order valence-corrected chi connectivity index (χ1v) is 5.32. The minimum absolute atomic E-state index is 0.0772. The van der Waals surface area contributed by atoms with Gasteiger partial charge in [0.2, 0.25) is 0 Å². The number of rotatable bonds is 1. The molecular weight excluding hydrogens is 254 g/mol. The van der Waals surface area contributed by atoms with Gasteiger partial charge >= 0.3 is 0 Å². The first kappa shape index (κ1) is 11.9. The van der Waals surface area contributed by atoms with E-state index < -0.39 is 0 Å². The van der Waals surface area contributed by atoms with Crippen LogP contribution in [-0.4, -0.2) is 10.1 Å². The number of nitrogens with zero attached hydrogens (tertiary/aromatic N) is 1. The van der Waals surface area contributed by atoms with Crippen LogP contribution in [0.3, 0.4) is 0 Å². The SMILES string of the molecule is Brc1ccccc1.OCc1cccnc1. The fourth-order valence-corrected chi connectivity index (χ4v) is 1.21. The zero-order valence-corrected chi connectivity index (χ0v) is 9.76. The Morgan fingerprint density at radius 2 is 1.80 bits per heavy atom. The number of benzene rings is 1. The molecule has 1 aromatic carbocycles. The molecule has 0 unspecified atom stereocenters. The molecule has 1 aromatic heterocycles. The Bertz CT molecular complexity index is 364. The third-order valence-electron chi connectivity index (χ3n) is 1.64. The average molecular weight is 266 g/mol. The van der Waals surface area contributed by atoms with Crippen LogP contribution in [0.4, 0.5) is 0 Å². The molecule has 0 aliphatic heterocycles. The van der Waals surface area contributed by atoms with Crippen LogP contribution in [-0.2, 0) is 6.61 Å². The van der Waals surface area contributed by atoms with Gasteiger partial charge in [0.05, 0.1) is 6.61 Å². The van der Waals surface area contributed by atoms with Crippen LogP contribution in [0.1, 0.15) is 5.56 Å². The van der Waals surface area contributed by atoms with Crippen LogP contribution in [0.15, 0.2) is 59.3 Å². The molecular formula is C12H12BrNO. The zero-order valence-electron chi connectivity index (χ0n) is 8.18. The van der Waals surface area contributed by atoms with Gasteiger partial charge in [-0.25, -0.2) is 0 Å².